The number of hydrogen-bond donors (Lipinski definition) is 2. The number of amides is 1. The number of carbonyl (C=O) groups excluding carboxylic acids is 1. The van der Waals surface area contributed by atoms with Crippen molar-refractivity contribution in [1.82, 2.24) is 0 Å². The summed E-state index contributed by atoms with van der Waals surface area (Å²) in [5.41, 5.74) is 9.12. The first-order valence-corrected chi connectivity index (χ1v) is 5.95. The van der Waals surface area contributed by atoms with Gasteiger partial charge in [0.25, 0.3) is 5.91 Å². The first-order chi connectivity index (χ1) is 8.58. The molecule has 0 radical (unpaired) electrons. The van der Waals surface area contributed by atoms with Crippen molar-refractivity contribution in [3.8, 4) is 0 Å². The Kier molecular flexibility index (Phi) is 3.84. The largest absolute Gasteiger partial charge is 0.399 e. The zero-order chi connectivity index (χ0) is 13.1. The van der Waals surface area contributed by atoms with E-state index in [4.69, 9.17) is 15.2 Å². The number of aryl methyl sites for hydroxylation is 2. The molecule has 1 aliphatic rings. The second kappa shape index (κ2) is 5.37. The van der Waals surface area contributed by atoms with Crippen molar-refractivity contribution in [2.75, 3.05) is 30.9 Å². The van der Waals surface area contributed by atoms with Gasteiger partial charge in [0.2, 0.25) is 0 Å². The van der Waals surface area contributed by atoms with Crippen LogP contribution in [0.15, 0.2) is 12.1 Å². The van der Waals surface area contributed by atoms with Crippen molar-refractivity contribution in [3.05, 3.63) is 23.3 Å². The molecular formula is C13H18N2O3. The molecule has 0 spiro atoms. The van der Waals surface area contributed by atoms with E-state index in [1.54, 1.807) is 0 Å². The molecule has 0 aliphatic carbocycles. The van der Waals surface area contributed by atoms with Crippen molar-refractivity contribution >= 4 is 17.3 Å². The third kappa shape index (κ3) is 2.80. The number of hydrogen-bond acceptors (Lipinski definition) is 4. The Labute approximate surface area is 106 Å². The van der Waals surface area contributed by atoms with Crippen LogP contribution < -0.4 is 11.1 Å². The summed E-state index contributed by atoms with van der Waals surface area (Å²) in [6.07, 6.45) is -0.532. The minimum absolute atomic E-state index is 0.175. The van der Waals surface area contributed by atoms with Gasteiger partial charge in [0.1, 0.15) is 0 Å². The average molecular weight is 250 g/mol. The lowest BCUT2D eigenvalue weighted by molar-refractivity contribution is -0.142. The molecule has 1 unspecified atom stereocenters. The van der Waals surface area contributed by atoms with Gasteiger partial charge < -0.3 is 20.5 Å². The van der Waals surface area contributed by atoms with E-state index in [1.165, 1.54) is 0 Å². The van der Waals surface area contributed by atoms with E-state index < -0.39 is 6.10 Å². The maximum absolute atomic E-state index is 12.0. The molecule has 0 bridgehead atoms. The van der Waals surface area contributed by atoms with Gasteiger partial charge in [0.15, 0.2) is 6.10 Å². The molecule has 1 aromatic carbocycles. The third-order valence-corrected chi connectivity index (χ3v) is 2.91. The molecule has 5 nitrogen and oxygen atoms in total. The number of nitrogens with one attached hydrogen (secondary N) is 1. The summed E-state index contributed by atoms with van der Waals surface area (Å²) in [6, 6.07) is 3.67. The number of carbonyl (C=O) groups is 1. The van der Waals surface area contributed by atoms with Gasteiger partial charge in [0.05, 0.1) is 19.8 Å². The minimum Gasteiger partial charge on any atom is -0.399 e. The summed E-state index contributed by atoms with van der Waals surface area (Å²) in [5, 5.41) is 2.88. The van der Waals surface area contributed by atoms with Crippen molar-refractivity contribution in [1.29, 1.82) is 0 Å². The molecule has 0 saturated carbocycles. The molecule has 2 rings (SSSR count). The lowest BCUT2D eigenvalue weighted by Crippen LogP contribution is -2.39. The fourth-order valence-electron chi connectivity index (χ4n) is 2.04. The molecule has 0 aromatic heterocycles. The summed E-state index contributed by atoms with van der Waals surface area (Å²) in [7, 11) is 0. The maximum atomic E-state index is 12.0. The molecule has 1 fully saturated rings. The van der Waals surface area contributed by atoms with E-state index in [9.17, 15) is 4.79 Å². The van der Waals surface area contributed by atoms with Crippen LogP contribution in [0.25, 0.3) is 0 Å². The molecule has 1 aliphatic heterocycles. The highest BCUT2D eigenvalue weighted by Crippen LogP contribution is 2.23. The monoisotopic (exact) mass is 250 g/mol. The maximum Gasteiger partial charge on any atom is 0.255 e. The van der Waals surface area contributed by atoms with Crippen LogP contribution in [0.2, 0.25) is 0 Å². The quantitative estimate of drug-likeness (QED) is 0.774. The molecule has 1 saturated heterocycles. The number of rotatable bonds is 2. The average Bonchev–Trinajstić information content (AvgIpc) is 2.34. The smallest absolute Gasteiger partial charge is 0.255 e. The van der Waals surface area contributed by atoms with Gasteiger partial charge in [-0.1, -0.05) is 0 Å². The lowest BCUT2D eigenvalue weighted by Gasteiger charge is -2.23. The fraction of sp³-hybridized carbons (Fsp3) is 0.462. The van der Waals surface area contributed by atoms with E-state index in [0.717, 1.165) is 16.8 Å². The number of nitrogen functional groups attached to an aromatic ring is 1. The predicted molar refractivity (Wildman–Crippen MR) is 69.5 cm³/mol. The Morgan fingerprint density at radius 2 is 2.00 bits per heavy atom. The van der Waals surface area contributed by atoms with Crippen LogP contribution in [0.4, 0.5) is 11.4 Å². The summed E-state index contributed by atoms with van der Waals surface area (Å²) < 4.78 is 10.6. The number of nitrogens with two attached hydrogens (primary N) is 1. The Balaban J connectivity index is 2.11. The molecule has 5 heteroatoms. The van der Waals surface area contributed by atoms with Crippen LogP contribution in [0.5, 0.6) is 0 Å². The fourth-order valence-corrected chi connectivity index (χ4v) is 2.04. The number of anilines is 2. The first-order valence-electron chi connectivity index (χ1n) is 5.95. The molecule has 1 atom stereocenters. The van der Waals surface area contributed by atoms with E-state index in [0.29, 0.717) is 25.5 Å². The number of ether oxygens (including phenoxy) is 2. The van der Waals surface area contributed by atoms with Gasteiger partial charge in [-0.3, -0.25) is 4.79 Å². The van der Waals surface area contributed by atoms with Crippen LogP contribution in [-0.2, 0) is 14.3 Å². The molecular weight excluding hydrogens is 232 g/mol. The zero-order valence-corrected chi connectivity index (χ0v) is 10.7. The molecule has 98 valence electrons. The molecule has 1 heterocycles. The van der Waals surface area contributed by atoms with Gasteiger partial charge >= 0.3 is 0 Å². The summed E-state index contributed by atoms with van der Waals surface area (Å²) in [4.78, 5) is 12.0. The summed E-state index contributed by atoms with van der Waals surface area (Å²) in [5.74, 6) is -0.175. The van der Waals surface area contributed by atoms with Crippen LogP contribution in [0.3, 0.4) is 0 Å². The third-order valence-electron chi connectivity index (χ3n) is 2.91. The van der Waals surface area contributed by atoms with Crippen LogP contribution in [0.1, 0.15) is 11.1 Å². The van der Waals surface area contributed by atoms with Crippen LogP contribution >= 0.6 is 0 Å². The number of benzene rings is 1. The van der Waals surface area contributed by atoms with E-state index >= 15 is 0 Å². The summed E-state index contributed by atoms with van der Waals surface area (Å²) >= 11 is 0. The first kappa shape index (κ1) is 12.9. The van der Waals surface area contributed by atoms with Crippen molar-refractivity contribution in [3.63, 3.8) is 0 Å². The highest BCUT2D eigenvalue weighted by molar-refractivity contribution is 5.96. The molecule has 1 aromatic rings. The predicted octanol–water partition coefficient (Wildman–Crippen LogP) is 1.24. The summed E-state index contributed by atoms with van der Waals surface area (Å²) in [6.45, 7) is 5.13. The second-order valence-corrected chi connectivity index (χ2v) is 4.45. The second-order valence-electron chi connectivity index (χ2n) is 4.45. The highest BCUT2D eigenvalue weighted by Gasteiger charge is 2.23. The molecule has 1 amide bonds. The normalized spacial score (nSPS) is 19.6. The SMILES string of the molecule is Cc1cc(N)cc(C)c1NC(=O)C1COCCO1. The Morgan fingerprint density at radius 1 is 1.33 bits per heavy atom. The van der Waals surface area contributed by atoms with Crippen LogP contribution in [-0.4, -0.2) is 31.8 Å². The van der Waals surface area contributed by atoms with Crippen molar-refractivity contribution in [2.24, 2.45) is 0 Å². The standard InChI is InChI=1S/C13H18N2O3/c1-8-5-10(14)6-9(2)12(8)15-13(16)11-7-17-3-4-18-11/h5-6,11H,3-4,7,14H2,1-2H3,(H,15,16). The van der Waals surface area contributed by atoms with Gasteiger partial charge in [-0.15, -0.1) is 0 Å². The van der Waals surface area contributed by atoms with Crippen molar-refractivity contribution < 1.29 is 14.3 Å². The van der Waals surface area contributed by atoms with Gasteiger partial charge in [-0.2, -0.15) is 0 Å². The Bertz CT molecular complexity index is 431. The zero-order valence-electron chi connectivity index (χ0n) is 10.7. The minimum atomic E-state index is -0.532. The topological polar surface area (TPSA) is 73.6 Å². The highest BCUT2D eigenvalue weighted by atomic mass is 16.6. The van der Waals surface area contributed by atoms with Crippen molar-refractivity contribution in [2.45, 2.75) is 20.0 Å². The van der Waals surface area contributed by atoms with Gasteiger partial charge in [-0.25, -0.2) is 0 Å². The Morgan fingerprint density at radius 3 is 2.56 bits per heavy atom. The van der Waals surface area contributed by atoms with Gasteiger partial charge in [-0.05, 0) is 37.1 Å². The van der Waals surface area contributed by atoms with Crippen LogP contribution in [0, 0.1) is 13.8 Å². The van der Waals surface area contributed by atoms with Gasteiger partial charge in [0, 0.05) is 11.4 Å². The molecule has 3 N–H and O–H groups in total. The lowest BCUT2D eigenvalue weighted by atomic mass is 10.1. The Hall–Kier alpha value is -1.59. The van der Waals surface area contributed by atoms with E-state index in [1.807, 2.05) is 26.0 Å². The molecule has 18 heavy (non-hydrogen) atoms. The van der Waals surface area contributed by atoms with E-state index in [-0.39, 0.29) is 5.91 Å². The van der Waals surface area contributed by atoms with E-state index in [2.05, 4.69) is 5.32 Å².